The number of aromatic nitrogens is 2. The van der Waals surface area contributed by atoms with Crippen molar-refractivity contribution in [3.05, 3.63) is 17.5 Å². The predicted octanol–water partition coefficient (Wildman–Crippen LogP) is 2.08. The summed E-state index contributed by atoms with van der Waals surface area (Å²) in [7, 11) is 0. The van der Waals surface area contributed by atoms with E-state index in [1.54, 1.807) is 11.8 Å². The lowest BCUT2D eigenvalue weighted by Gasteiger charge is -1.94. The van der Waals surface area contributed by atoms with Gasteiger partial charge in [0.1, 0.15) is 0 Å². The van der Waals surface area contributed by atoms with Gasteiger partial charge < -0.3 is 10.2 Å². The van der Waals surface area contributed by atoms with Crippen molar-refractivity contribution < 1.29 is 10.2 Å². The van der Waals surface area contributed by atoms with E-state index in [0.717, 1.165) is 31.0 Å². The van der Waals surface area contributed by atoms with Crippen LogP contribution in [0.4, 0.5) is 0 Å². The van der Waals surface area contributed by atoms with E-state index >= 15 is 0 Å². The zero-order valence-corrected chi connectivity index (χ0v) is 11.6. The van der Waals surface area contributed by atoms with E-state index in [1.165, 1.54) is 18.4 Å². The molecule has 0 aromatic carbocycles. The molecule has 1 rings (SSSR count). The van der Waals surface area contributed by atoms with Gasteiger partial charge in [0.05, 0.1) is 6.54 Å². The third kappa shape index (κ3) is 6.48. The number of allylic oxidation sites excluding steroid dienone is 1. The fraction of sp³-hybridized carbons (Fsp3) is 0.667. The Morgan fingerprint density at radius 2 is 2.12 bits per heavy atom. The zero-order valence-electron chi connectivity index (χ0n) is 10.7. The average Bonchev–Trinajstić information content (AvgIpc) is 2.72. The third-order valence-corrected chi connectivity index (χ3v) is 3.03. The first kappa shape index (κ1) is 14.3. The Bertz CT molecular complexity index is 345. The van der Waals surface area contributed by atoms with Crippen LogP contribution in [-0.2, 0) is 6.42 Å². The lowest BCUT2D eigenvalue weighted by Crippen LogP contribution is -2.50. The molecule has 0 unspecified atom stereocenters. The van der Waals surface area contributed by atoms with Gasteiger partial charge in [0.15, 0.2) is 0 Å². The molecular formula is C12H22N3OS+. The number of quaternary nitrogens is 1. The molecule has 1 aromatic rings. The van der Waals surface area contributed by atoms with Crippen LogP contribution in [0, 0.1) is 0 Å². The van der Waals surface area contributed by atoms with Gasteiger partial charge in [0.2, 0.25) is 5.89 Å². The maximum atomic E-state index is 5.54. The van der Waals surface area contributed by atoms with Gasteiger partial charge in [-0.3, -0.25) is 0 Å². The van der Waals surface area contributed by atoms with E-state index in [4.69, 9.17) is 4.42 Å². The van der Waals surface area contributed by atoms with Gasteiger partial charge in [-0.1, -0.05) is 23.4 Å². The molecule has 0 bridgehead atoms. The highest BCUT2D eigenvalue weighted by molar-refractivity contribution is 7.99. The highest BCUT2D eigenvalue weighted by Crippen LogP contribution is 2.17. The van der Waals surface area contributed by atoms with Crippen LogP contribution in [-0.4, -0.2) is 22.5 Å². The van der Waals surface area contributed by atoms with Crippen LogP contribution >= 0.6 is 11.8 Å². The molecule has 17 heavy (non-hydrogen) atoms. The second-order valence-electron chi connectivity index (χ2n) is 4.22. The van der Waals surface area contributed by atoms with Crippen molar-refractivity contribution in [3.8, 4) is 0 Å². The molecule has 0 aliphatic carbocycles. The topological polar surface area (TPSA) is 66.6 Å². The largest absolute Gasteiger partial charge is 0.416 e. The quantitative estimate of drug-likeness (QED) is 0.439. The van der Waals surface area contributed by atoms with Gasteiger partial charge in [-0.25, -0.2) is 0 Å². The summed E-state index contributed by atoms with van der Waals surface area (Å²) in [5.41, 5.74) is 5.13. The molecule has 0 saturated carbocycles. The molecule has 1 aromatic heterocycles. The van der Waals surface area contributed by atoms with Crippen LogP contribution in [0.15, 0.2) is 21.3 Å². The van der Waals surface area contributed by atoms with Crippen molar-refractivity contribution in [1.82, 2.24) is 10.2 Å². The first-order chi connectivity index (χ1) is 8.22. The summed E-state index contributed by atoms with van der Waals surface area (Å²) in [5.74, 6) is 1.65. The van der Waals surface area contributed by atoms with Crippen molar-refractivity contribution >= 4 is 11.8 Å². The Morgan fingerprint density at radius 3 is 2.82 bits per heavy atom. The summed E-state index contributed by atoms with van der Waals surface area (Å²) in [4.78, 5) is 0. The van der Waals surface area contributed by atoms with E-state index in [2.05, 4.69) is 35.9 Å². The molecule has 0 atom stereocenters. The van der Waals surface area contributed by atoms with Gasteiger partial charge in [0, 0.05) is 12.2 Å². The molecule has 0 spiro atoms. The Hall–Kier alpha value is -0.810. The van der Waals surface area contributed by atoms with Crippen molar-refractivity contribution in [3.63, 3.8) is 0 Å². The molecule has 1 heterocycles. The second kappa shape index (κ2) is 8.31. The van der Waals surface area contributed by atoms with Crippen LogP contribution in [0.3, 0.4) is 0 Å². The number of nitrogens with zero attached hydrogens (tertiary/aromatic N) is 2. The number of hydrogen-bond acceptors (Lipinski definition) is 4. The highest BCUT2D eigenvalue weighted by atomic mass is 32.2. The standard InChI is InChI=1S/C12H21N3OS/c1-10(2)7-9-17-12-15-14-11(16-12)6-4-3-5-8-13/h7H,3-6,8-9,13H2,1-2H3/p+1. The molecule has 0 aliphatic heterocycles. The highest BCUT2D eigenvalue weighted by Gasteiger charge is 2.05. The Kier molecular flexibility index (Phi) is 6.96. The van der Waals surface area contributed by atoms with Crippen LogP contribution < -0.4 is 5.73 Å². The van der Waals surface area contributed by atoms with Crippen molar-refractivity contribution in [2.24, 2.45) is 0 Å². The molecule has 5 heteroatoms. The fourth-order valence-corrected chi connectivity index (χ4v) is 2.12. The minimum absolute atomic E-state index is 0.676. The maximum Gasteiger partial charge on any atom is 0.276 e. The zero-order chi connectivity index (χ0) is 12.5. The minimum Gasteiger partial charge on any atom is -0.416 e. The van der Waals surface area contributed by atoms with E-state index in [-0.39, 0.29) is 0 Å². The molecule has 96 valence electrons. The third-order valence-electron chi connectivity index (χ3n) is 2.29. The first-order valence-corrected chi connectivity index (χ1v) is 7.08. The number of unbranched alkanes of at least 4 members (excludes halogenated alkanes) is 2. The molecule has 0 aliphatic rings. The second-order valence-corrected chi connectivity index (χ2v) is 5.19. The lowest BCUT2D eigenvalue weighted by atomic mass is 10.2. The average molecular weight is 256 g/mol. The fourth-order valence-electron chi connectivity index (χ4n) is 1.31. The summed E-state index contributed by atoms with van der Waals surface area (Å²) in [6.45, 7) is 5.18. The molecule has 0 fully saturated rings. The van der Waals surface area contributed by atoms with Crippen LogP contribution in [0.1, 0.15) is 39.0 Å². The molecule has 0 amide bonds. The summed E-state index contributed by atoms with van der Waals surface area (Å²) in [5, 5.41) is 8.73. The Labute approximate surface area is 107 Å². The number of aryl methyl sites for hydroxylation is 1. The van der Waals surface area contributed by atoms with Crippen molar-refractivity contribution in [2.45, 2.75) is 44.8 Å². The molecular weight excluding hydrogens is 234 g/mol. The molecule has 4 nitrogen and oxygen atoms in total. The Balaban J connectivity index is 2.25. The monoisotopic (exact) mass is 256 g/mol. The number of hydrogen-bond donors (Lipinski definition) is 1. The molecule has 0 saturated heterocycles. The SMILES string of the molecule is CC(C)=CCSc1nnc(CCCCC[NH3+])o1. The van der Waals surface area contributed by atoms with E-state index < -0.39 is 0 Å². The molecule has 0 radical (unpaired) electrons. The number of thioether (sulfide) groups is 1. The smallest absolute Gasteiger partial charge is 0.276 e. The number of rotatable bonds is 8. The van der Waals surface area contributed by atoms with Gasteiger partial charge in [-0.05, 0) is 33.1 Å². The summed E-state index contributed by atoms with van der Waals surface area (Å²) >= 11 is 1.59. The predicted molar refractivity (Wildman–Crippen MR) is 69.8 cm³/mol. The van der Waals surface area contributed by atoms with E-state index in [0.29, 0.717) is 5.22 Å². The maximum absolute atomic E-state index is 5.54. The van der Waals surface area contributed by atoms with E-state index in [9.17, 15) is 0 Å². The summed E-state index contributed by atoms with van der Waals surface area (Å²) < 4.78 is 5.54. The normalized spacial score (nSPS) is 10.5. The van der Waals surface area contributed by atoms with Crippen molar-refractivity contribution in [1.29, 1.82) is 0 Å². The Morgan fingerprint density at radius 1 is 1.29 bits per heavy atom. The summed E-state index contributed by atoms with van der Waals surface area (Å²) in [6.07, 6.45) is 6.51. The van der Waals surface area contributed by atoms with E-state index in [1.807, 2.05) is 0 Å². The van der Waals surface area contributed by atoms with Gasteiger partial charge in [0.25, 0.3) is 5.22 Å². The molecule has 3 N–H and O–H groups in total. The van der Waals surface area contributed by atoms with Crippen LogP contribution in [0.25, 0.3) is 0 Å². The minimum atomic E-state index is 0.676. The van der Waals surface area contributed by atoms with Crippen LogP contribution in [0.2, 0.25) is 0 Å². The van der Waals surface area contributed by atoms with Gasteiger partial charge in [-0.2, -0.15) is 0 Å². The van der Waals surface area contributed by atoms with Gasteiger partial charge >= 0.3 is 0 Å². The van der Waals surface area contributed by atoms with Gasteiger partial charge in [-0.15, -0.1) is 10.2 Å². The van der Waals surface area contributed by atoms with Crippen LogP contribution in [0.5, 0.6) is 0 Å². The lowest BCUT2D eigenvalue weighted by molar-refractivity contribution is -0.368. The summed E-state index contributed by atoms with van der Waals surface area (Å²) in [6, 6.07) is 0. The first-order valence-electron chi connectivity index (χ1n) is 6.10. The van der Waals surface area contributed by atoms with Crippen molar-refractivity contribution in [2.75, 3.05) is 12.3 Å².